The first kappa shape index (κ1) is 16.4. The Morgan fingerprint density at radius 3 is 2.26 bits per heavy atom. The fraction of sp³-hybridized carbons (Fsp3) is 0.933. The second-order valence-corrected chi connectivity index (χ2v) is 7.26. The van der Waals surface area contributed by atoms with Crippen LogP contribution in [0.4, 0.5) is 0 Å². The number of carbonyl (C=O) groups is 1. The number of piperidine rings is 1. The number of rotatable bonds is 5. The topological polar surface area (TPSA) is 53.2 Å². The molecule has 1 aliphatic heterocycles. The van der Waals surface area contributed by atoms with Crippen LogP contribution in [0.1, 0.15) is 60.8 Å². The highest BCUT2D eigenvalue weighted by molar-refractivity contribution is 5.78. The van der Waals surface area contributed by atoms with E-state index < -0.39 is 0 Å². The number of nitrogens with one attached hydrogen (secondary N) is 3. The van der Waals surface area contributed by atoms with E-state index in [0.717, 1.165) is 19.3 Å². The number of carbonyl (C=O) groups excluding carboxylic acids is 1. The molecule has 1 heterocycles. The Labute approximate surface area is 118 Å². The smallest absolute Gasteiger partial charge is 0.234 e. The standard InChI is InChI=1S/C15H31N3O/c1-7-11(2)16-10-13(19)17-12-8-14(3,4)18-15(5,6)9-12/h11-12,16,18H,7-10H2,1-6H3,(H,17,19). The fourth-order valence-electron chi connectivity index (χ4n) is 3.11. The molecule has 1 atom stereocenters. The van der Waals surface area contributed by atoms with Gasteiger partial charge in [-0.05, 0) is 53.9 Å². The molecule has 4 heteroatoms. The van der Waals surface area contributed by atoms with E-state index in [2.05, 4.69) is 57.5 Å². The third-order valence-corrected chi connectivity index (χ3v) is 3.78. The molecule has 0 aromatic heterocycles. The normalized spacial score (nSPS) is 23.9. The zero-order valence-electron chi connectivity index (χ0n) is 13.4. The first-order valence-corrected chi connectivity index (χ1v) is 7.45. The third kappa shape index (κ3) is 5.91. The van der Waals surface area contributed by atoms with Crippen LogP contribution in [0.25, 0.3) is 0 Å². The Balaban J connectivity index is 2.45. The van der Waals surface area contributed by atoms with Gasteiger partial charge in [0.2, 0.25) is 5.91 Å². The van der Waals surface area contributed by atoms with Crippen LogP contribution < -0.4 is 16.0 Å². The van der Waals surface area contributed by atoms with Crippen molar-refractivity contribution in [2.75, 3.05) is 6.54 Å². The summed E-state index contributed by atoms with van der Waals surface area (Å²) in [5, 5.41) is 10.0. The molecule has 0 aromatic carbocycles. The van der Waals surface area contributed by atoms with E-state index in [0.29, 0.717) is 12.6 Å². The summed E-state index contributed by atoms with van der Waals surface area (Å²) >= 11 is 0. The van der Waals surface area contributed by atoms with E-state index in [1.165, 1.54) is 0 Å². The lowest BCUT2D eigenvalue weighted by Crippen LogP contribution is -2.62. The summed E-state index contributed by atoms with van der Waals surface area (Å²) in [6, 6.07) is 0.657. The van der Waals surface area contributed by atoms with Crippen LogP contribution in [0.3, 0.4) is 0 Å². The van der Waals surface area contributed by atoms with Gasteiger partial charge in [-0.3, -0.25) is 4.79 Å². The van der Waals surface area contributed by atoms with Gasteiger partial charge in [0.25, 0.3) is 0 Å². The van der Waals surface area contributed by atoms with E-state index in [9.17, 15) is 4.79 Å². The van der Waals surface area contributed by atoms with E-state index in [4.69, 9.17) is 0 Å². The third-order valence-electron chi connectivity index (χ3n) is 3.78. The maximum absolute atomic E-state index is 12.0. The molecule has 0 spiro atoms. The predicted octanol–water partition coefficient (Wildman–Crippen LogP) is 1.80. The highest BCUT2D eigenvalue weighted by Gasteiger charge is 2.37. The largest absolute Gasteiger partial charge is 0.352 e. The molecule has 0 saturated carbocycles. The van der Waals surface area contributed by atoms with Gasteiger partial charge in [0.05, 0.1) is 6.54 Å². The van der Waals surface area contributed by atoms with Crippen molar-refractivity contribution in [1.29, 1.82) is 0 Å². The van der Waals surface area contributed by atoms with Crippen LogP contribution in [0.2, 0.25) is 0 Å². The van der Waals surface area contributed by atoms with Gasteiger partial charge in [-0.25, -0.2) is 0 Å². The lowest BCUT2D eigenvalue weighted by atomic mass is 9.79. The SMILES string of the molecule is CCC(C)NCC(=O)NC1CC(C)(C)NC(C)(C)C1. The molecule has 1 aliphatic rings. The van der Waals surface area contributed by atoms with Gasteiger partial charge in [-0.15, -0.1) is 0 Å². The van der Waals surface area contributed by atoms with E-state index in [1.54, 1.807) is 0 Å². The summed E-state index contributed by atoms with van der Waals surface area (Å²) in [5.41, 5.74) is 0.146. The molecule has 1 amide bonds. The second kappa shape index (κ2) is 6.23. The summed E-state index contributed by atoms with van der Waals surface area (Å²) in [4.78, 5) is 12.0. The summed E-state index contributed by atoms with van der Waals surface area (Å²) in [5.74, 6) is 0.110. The molecular weight excluding hydrogens is 238 g/mol. The molecular formula is C15H31N3O. The van der Waals surface area contributed by atoms with Crippen molar-refractivity contribution in [3.05, 3.63) is 0 Å². The number of hydrogen-bond donors (Lipinski definition) is 3. The zero-order chi connectivity index (χ0) is 14.7. The summed E-state index contributed by atoms with van der Waals surface area (Å²) in [6.07, 6.45) is 3.00. The molecule has 19 heavy (non-hydrogen) atoms. The van der Waals surface area contributed by atoms with Crippen molar-refractivity contribution >= 4 is 5.91 Å². The van der Waals surface area contributed by atoms with Gasteiger partial charge < -0.3 is 16.0 Å². The summed E-state index contributed by atoms with van der Waals surface area (Å²) in [6.45, 7) is 13.4. The molecule has 112 valence electrons. The Morgan fingerprint density at radius 2 is 1.79 bits per heavy atom. The van der Waals surface area contributed by atoms with Crippen molar-refractivity contribution < 1.29 is 4.79 Å². The number of amides is 1. The average Bonchev–Trinajstić information content (AvgIpc) is 2.21. The van der Waals surface area contributed by atoms with Crippen molar-refractivity contribution in [1.82, 2.24) is 16.0 Å². The monoisotopic (exact) mass is 269 g/mol. The van der Waals surface area contributed by atoms with Gasteiger partial charge in [0, 0.05) is 23.2 Å². The molecule has 1 rings (SSSR count). The van der Waals surface area contributed by atoms with Crippen molar-refractivity contribution in [3.8, 4) is 0 Å². The minimum Gasteiger partial charge on any atom is -0.352 e. The highest BCUT2D eigenvalue weighted by atomic mass is 16.2. The van der Waals surface area contributed by atoms with Gasteiger partial charge in [-0.1, -0.05) is 6.92 Å². The minimum absolute atomic E-state index is 0.0732. The van der Waals surface area contributed by atoms with Crippen LogP contribution in [-0.2, 0) is 4.79 Å². The first-order valence-electron chi connectivity index (χ1n) is 7.45. The molecule has 4 nitrogen and oxygen atoms in total. The van der Waals surface area contributed by atoms with Crippen LogP contribution in [0.5, 0.6) is 0 Å². The molecule has 1 unspecified atom stereocenters. The maximum atomic E-state index is 12.0. The Bertz CT molecular complexity index is 297. The Kier molecular flexibility index (Phi) is 5.39. The quantitative estimate of drug-likeness (QED) is 0.713. The van der Waals surface area contributed by atoms with Gasteiger partial charge >= 0.3 is 0 Å². The molecule has 0 radical (unpaired) electrons. The predicted molar refractivity (Wildman–Crippen MR) is 80.2 cm³/mol. The van der Waals surface area contributed by atoms with Crippen LogP contribution in [0.15, 0.2) is 0 Å². The molecule has 0 bridgehead atoms. The Morgan fingerprint density at radius 1 is 1.26 bits per heavy atom. The average molecular weight is 269 g/mol. The van der Waals surface area contributed by atoms with Gasteiger partial charge in [0.1, 0.15) is 0 Å². The first-order chi connectivity index (χ1) is 8.63. The zero-order valence-corrected chi connectivity index (χ0v) is 13.4. The highest BCUT2D eigenvalue weighted by Crippen LogP contribution is 2.28. The molecule has 0 aliphatic carbocycles. The molecule has 3 N–H and O–H groups in total. The molecule has 1 fully saturated rings. The minimum atomic E-state index is 0.0732. The summed E-state index contributed by atoms with van der Waals surface area (Å²) in [7, 11) is 0. The van der Waals surface area contributed by atoms with Crippen LogP contribution >= 0.6 is 0 Å². The Hall–Kier alpha value is -0.610. The van der Waals surface area contributed by atoms with Crippen LogP contribution in [-0.4, -0.2) is 35.6 Å². The van der Waals surface area contributed by atoms with E-state index in [-0.39, 0.29) is 23.0 Å². The summed E-state index contributed by atoms with van der Waals surface area (Å²) < 4.78 is 0. The van der Waals surface area contributed by atoms with E-state index >= 15 is 0 Å². The fourth-order valence-corrected chi connectivity index (χ4v) is 3.11. The van der Waals surface area contributed by atoms with Crippen molar-refractivity contribution in [2.24, 2.45) is 0 Å². The molecule has 0 aromatic rings. The van der Waals surface area contributed by atoms with Gasteiger partial charge in [-0.2, -0.15) is 0 Å². The second-order valence-electron chi connectivity index (χ2n) is 7.26. The van der Waals surface area contributed by atoms with Gasteiger partial charge in [0.15, 0.2) is 0 Å². The van der Waals surface area contributed by atoms with Crippen LogP contribution in [0, 0.1) is 0 Å². The van der Waals surface area contributed by atoms with E-state index in [1.807, 2.05) is 0 Å². The van der Waals surface area contributed by atoms with Crippen molar-refractivity contribution in [3.63, 3.8) is 0 Å². The molecule has 1 saturated heterocycles. The maximum Gasteiger partial charge on any atom is 0.234 e. The van der Waals surface area contributed by atoms with Crippen molar-refractivity contribution in [2.45, 2.75) is 84.0 Å². The number of hydrogen-bond acceptors (Lipinski definition) is 3. The lowest BCUT2D eigenvalue weighted by molar-refractivity contribution is -0.121. The lowest BCUT2D eigenvalue weighted by Gasteiger charge is -2.46.